The first-order chi connectivity index (χ1) is 8.64. The van der Waals surface area contributed by atoms with E-state index in [-0.39, 0.29) is 5.54 Å². The molecule has 1 aromatic carbocycles. The molecule has 96 valence electrons. The molecule has 0 radical (unpaired) electrons. The van der Waals surface area contributed by atoms with Crippen LogP contribution in [0.3, 0.4) is 0 Å². The summed E-state index contributed by atoms with van der Waals surface area (Å²) in [5, 5.41) is 0. The van der Waals surface area contributed by atoms with Gasteiger partial charge in [0.1, 0.15) is 0 Å². The van der Waals surface area contributed by atoms with Gasteiger partial charge in [-0.3, -0.25) is 0 Å². The Bertz CT molecular complexity index is 494. The molecule has 18 heavy (non-hydrogen) atoms. The SMILES string of the molecule is CCCC(N)(Cc1ccc(Br)s1)c1ccccc1. The first kappa shape index (κ1) is 13.8. The van der Waals surface area contributed by atoms with Crippen LogP contribution >= 0.6 is 27.3 Å². The average molecular weight is 324 g/mol. The fourth-order valence-corrected chi connectivity index (χ4v) is 3.92. The molecule has 2 N–H and O–H groups in total. The predicted octanol–water partition coefficient (Wildman–Crippen LogP) is 4.71. The van der Waals surface area contributed by atoms with Gasteiger partial charge in [-0.25, -0.2) is 0 Å². The van der Waals surface area contributed by atoms with Crippen LogP contribution in [0.5, 0.6) is 0 Å². The van der Waals surface area contributed by atoms with Crippen LogP contribution in [-0.4, -0.2) is 0 Å². The predicted molar refractivity (Wildman–Crippen MR) is 82.9 cm³/mol. The Kier molecular flexibility index (Phi) is 4.60. The molecule has 1 aromatic heterocycles. The van der Waals surface area contributed by atoms with Crippen LogP contribution < -0.4 is 5.73 Å². The van der Waals surface area contributed by atoms with Crippen molar-refractivity contribution in [3.63, 3.8) is 0 Å². The monoisotopic (exact) mass is 323 g/mol. The molecule has 0 aliphatic carbocycles. The lowest BCUT2D eigenvalue weighted by molar-refractivity contribution is 0.403. The molecule has 0 aliphatic rings. The van der Waals surface area contributed by atoms with Crippen molar-refractivity contribution in [1.29, 1.82) is 0 Å². The highest BCUT2D eigenvalue weighted by atomic mass is 79.9. The van der Waals surface area contributed by atoms with Crippen molar-refractivity contribution in [2.75, 3.05) is 0 Å². The fraction of sp³-hybridized carbons (Fsp3) is 0.333. The summed E-state index contributed by atoms with van der Waals surface area (Å²) in [4.78, 5) is 1.33. The maximum absolute atomic E-state index is 6.66. The zero-order valence-corrected chi connectivity index (χ0v) is 12.9. The third-order valence-electron chi connectivity index (χ3n) is 3.16. The smallest absolute Gasteiger partial charge is 0.0701 e. The lowest BCUT2D eigenvalue weighted by atomic mass is 9.83. The molecule has 0 amide bonds. The number of thiophene rings is 1. The molecule has 1 unspecified atom stereocenters. The molecule has 2 rings (SSSR count). The van der Waals surface area contributed by atoms with E-state index in [0.717, 1.165) is 19.3 Å². The lowest BCUT2D eigenvalue weighted by Crippen LogP contribution is -2.38. The molecular formula is C15H18BrNS. The maximum Gasteiger partial charge on any atom is 0.0701 e. The highest BCUT2D eigenvalue weighted by Gasteiger charge is 2.27. The number of halogens is 1. The Morgan fingerprint density at radius 2 is 1.89 bits per heavy atom. The van der Waals surface area contributed by atoms with E-state index in [2.05, 4.69) is 59.3 Å². The summed E-state index contributed by atoms with van der Waals surface area (Å²) in [6.45, 7) is 2.19. The minimum Gasteiger partial charge on any atom is -0.321 e. The first-order valence-corrected chi connectivity index (χ1v) is 7.83. The molecular weight excluding hydrogens is 306 g/mol. The number of benzene rings is 1. The minimum absolute atomic E-state index is 0.250. The molecule has 1 nitrogen and oxygen atoms in total. The molecule has 0 saturated heterocycles. The zero-order valence-electron chi connectivity index (χ0n) is 10.5. The van der Waals surface area contributed by atoms with Gasteiger partial charge in [-0.1, -0.05) is 43.7 Å². The van der Waals surface area contributed by atoms with Gasteiger partial charge in [0.2, 0.25) is 0 Å². The Labute approximate surface area is 121 Å². The fourth-order valence-electron chi connectivity index (χ4n) is 2.31. The van der Waals surface area contributed by atoms with Gasteiger partial charge in [-0.2, -0.15) is 0 Å². The Morgan fingerprint density at radius 3 is 2.44 bits per heavy atom. The Balaban J connectivity index is 2.26. The highest BCUT2D eigenvalue weighted by Crippen LogP contribution is 2.32. The van der Waals surface area contributed by atoms with Crippen molar-refractivity contribution in [3.8, 4) is 0 Å². The molecule has 3 heteroatoms. The van der Waals surface area contributed by atoms with Gasteiger partial charge in [0.15, 0.2) is 0 Å². The zero-order chi connectivity index (χ0) is 13.0. The minimum atomic E-state index is -0.250. The summed E-state index contributed by atoms with van der Waals surface area (Å²) >= 11 is 5.28. The van der Waals surface area contributed by atoms with Crippen molar-refractivity contribution in [2.45, 2.75) is 31.7 Å². The number of hydrogen-bond acceptors (Lipinski definition) is 2. The third kappa shape index (κ3) is 3.22. The summed E-state index contributed by atoms with van der Waals surface area (Å²) in [5.41, 5.74) is 7.65. The number of rotatable bonds is 5. The van der Waals surface area contributed by atoms with E-state index in [9.17, 15) is 0 Å². The van der Waals surface area contributed by atoms with Gasteiger partial charge in [0, 0.05) is 16.8 Å². The van der Waals surface area contributed by atoms with Crippen LogP contribution in [0.1, 0.15) is 30.2 Å². The van der Waals surface area contributed by atoms with E-state index >= 15 is 0 Å². The van der Waals surface area contributed by atoms with Gasteiger partial charge in [0.25, 0.3) is 0 Å². The van der Waals surface area contributed by atoms with Gasteiger partial charge in [0.05, 0.1) is 3.79 Å². The second-order valence-electron chi connectivity index (χ2n) is 4.65. The van der Waals surface area contributed by atoms with Gasteiger partial charge in [-0.05, 0) is 40.0 Å². The Hall–Kier alpha value is -0.640. The van der Waals surface area contributed by atoms with Crippen molar-refractivity contribution >= 4 is 27.3 Å². The van der Waals surface area contributed by atoms with E-state index in [1.54, 1.807) is 11.3 Å². The van der Waals surface area contributed by atoms with Crippen LogP contribution in [0.15, 0.2) is 46.3 Å². The molecule has 0 spiro atoms. The van der Waals surface area contributed by atoms with Crippen LogP contribution in [0, 0.1) is 0 Å². The highest BCUT2D eigenvalue weighted by molar-refractivity contribution is 9.11. The van der Waals surface area contributed by atoms with Crippen molar-refractivity contribution in [1.82, 2.24) is 0 Å². The second-order valence-corrected chi connectivity index (χ2v) is 7.20. The lowest BCUT2D eigenvalue weighted by Gasteiger charge is -2.29. The summed E-state index contributed by atoms with van der Waals surface area (Å²) in [7, 11) is 0. The summed E-state index contributed by atoms with van der Waals surface area (Å²) in [6, 6.07) is 14.7. The van der Waals surface area contributed by atoms with E-state index in [4.69, 9.17) is 5.73 Å². The number of nitrogens with two attached hydrogens (primary N) is 1. The van der Waals surface area contributed by atoms with Crippen LogP contribution in [0.2, 0.25) is 0 Å². The molecule has 2 aromatic rings. The summed E-state index contributed by atoms with van der Waals surface area (Å²) in [6.07, 6.45) is 3.01. The van der Waals surface area contributed by atoms with Gasteiger partial charge in [-0.15, -0.1) is 11.3 Å². The molecule has 0 aliphatic heterocycles. The Morgan fingerprint density at radius 1 is 1.17 bits per heavy atom. The summed E-state index contributed by atoms with van der Waals surface area (Å²) in [5.74, 6) is 0. The van der Waals surface area contributed by atoms with Crippen molar-refractivity contribution in [2.24, 2.45) is 5.73 Å². The summed E-state index contributed by atoms with van der Waals surface area (Å²) < 4.78 is 1.17. The van der Waals surface area contributed by atoms with Crippen LogP contribution in [-0.2, 0) is 12.0 Å². The largest absolute Gasteiger partial charge is 0.321 e. The standard InChI is InChI=1S/C15H18BrNS/c1-2-10-15(17,12-6-4-3-5-7-12)11-13-8-9-14(16)18-13/h3-9H,2,10-11,17H2,1H3. The normalized spacial score (nSPS) is 14.4. The van der Waals surface area contributed by atoms with E-state index in [1.807, 2.05) is 6.07 Å². The molecule has 0 fully saturated rings. The maximum atomic E-state index is 6.66. The second kappa shape index (κ2) is 6.00. The molecule has 0 saturated carbocycles. The van der Waals surface area contributed by atoms with Crippen LogP contribution in [0.4, 0.5) is 0 Å². The van der Waals surface area contributed by atoms with Gasteiger partial charge < -0.3 is 5.73 Å². The molecule has 0 bridgehead atoms. The quantitative estimate of drug-likeness (QED) is 0.847. The average Bonchev–Trinajstić information content (AvgIpc) is 2.76. The van der Waals surface area contributed by atoms with Crippen molar-refractivity contribution < 1.29 is 0 Å². The number of hydrogen-bond donors (Lipinski definition) is 1. The van der Waals surface area contributed by atoms with E-state index in [0.29, 0.717) is 0 Å². The topological polar surface area (TPSA) is 26.0 Å². The van der Waals surface area contributed by atoms with E-state index in [1.165, 1.54) is 14.2 Å². The van der Waals surface area contributed by atoms with Gasteiger partial charge >= 0.3 is 0 Å². The van der Waals surface area contributed by atoms with Crippen molar-refractivity contribution in [3.05, 3.63) is 56.7 Å². The molecule has 1 atom stereocenters. The van der Waals surface area contributed by atoms with E-state index < -0.39 is 0 Å². The first-order valence-electron chi connectivity index (χ1n) is 6.23. The third-order valence-corrected chi connectivity index (χ3v) is 4.79. The van der Waals surface area contributed by atoms with Crippen LogP contribution in [0.25, 0.3) is 0 Å². The molecule has 1 heterocycles.